The topological polar surface area (TPSA) is 8.17 Å². The smallest absolute Gasteiger partial charge is 0.331 e. The number of rotatable bonds is 7. The molecule has 9 aromatic carbocycles. The Kier molecular flexibility index (Phi) is 9.16. The summed E-state index contributed by atoms with van der Waals surface area (Å²) in [5.74, 6) is 0. The molecule has 0 amide bonds. The average molecular weight is 823 g/mol. The molecule has 1 heterocycles. The van der Waals surface area contributed by atoms with Gasteiger partial charge in [-0.05, 0) is 123 Å². The van der Waals surface area contributed by atoms with E-state index in [4.69, 9.17) is 0 Å². The van der Waals surface area contributed by atoms with Crippen LogP contribution in [0.5, 0.6) is 0 Å². The summed E-state index contributed by atoms with van der Waals surface area (Å²) in [6.45, 7) is 2.00. The first-order chi connectivity index (χ1) is 30.7. The molecule has 0 saturated heterocycles. The quantitative estimate of drug-likeness (QED) is 0.145. The van der Waals surface area contributed by atoms with E-state index in [1.807, 2.05) is 25.1 Å². The van der Waals surface area contributed by atoms with Crippen LogP contribution in [0.25, 0.3) is 76.7 Å². The molecule has 0 saturated carbocycles. The summed E-state index contributed by atoms with van der Waals surface area (Å²) in [4.78, 5) is 2.29. The van der Waals surface area contributed by atoms with Gasteiger partial charge >= 0.3 is 6.18 Å². The first-order valence-electron chi connectivity index (χ1n) is 21.3. The van der Waals surface area contributed by atoms with Crippen molar-refractivity contribution in [3.63, 3.8) is 0 Å². The highest BCUT2D eigenvalue weighted by Gasteiger charge is 2.37. The fraction of sp³-hybridized carbons (Fsp3) is 0.0690. The van der Waals surface area contributed by atoms with Crippen LogP contribution in [0.3, 0.4) is 0 Å². The van der Waals surface area contributed by atoms with Crippen molar-refractivity contribution in [3.05, 3.63) is 224 Å². The van der Waals surface area contributed by atoms with Crippen molar-refractivity contribution in [2.75, 3.05) is 4.90 Å². The Morgan fingerprint density at radius 2 is 0.889 bits per heavy atom. The molecule has 63 heavy (non-hydrogen) atoms. The highest BCUT2D eigenvalue weighted by Crippen LogP contribution is 2.46. The van der Waals surface area contributed by atoms with Gasteiger partial charge in [0.25, 0.3) is 0 Å². The molecule has 0 spiro atoms. The lowest BCUT2D eigenvalue weighted by atomic mass is 9.86. The summed E-state index contributed by atoms with van der Waals surface area (Å²) in [5, 5.41) is 7.03. The van der Waals surface area contributed by atoms with E-state index in [-0.39, 0.29) is 6.42 Å². The molecule has 304 valence electrons. The lowest BCUT2D eigenvalue weighted by Crippen LogP contribution is -2.29. The second kappa shape index (κ2) is 15.1. The predicted molar refractivity (Wildman–Crippen MR) is 257 cm³/mol. The van der Waals surface area contributed by atoms with Crippen LogP contribution in [-0.2, 0) is 5.54 Å². The number of halogens is 3. The van der Waals surface area contributed by atoms with Crippen molar-refractivity contribution < 1.29 is 13.2 Å². The third-order valence-corrected chi connectivity index (χ3v) is 12.7. The minimum atomic E-state index is -4.37. The van der Waals surface area contributed by atoms with Gasteiger partial charge in [0.2, 0.25) is 0 Å². The monoisotopic (exact) mass is 822 g/mol. The summed E-state index contributed by atoms with van der Waals surface area (Å²) in [5.41, 5.74) is 10.8. The van der Waals surface area contributed by atoms with E-state index in [1.54, 1.807) is 6.08 Å². The Balaban J connectivity index is 0.963. The van der Waals surface area contributed by atoms with E-state index < -0.39 is 17.3 Å². The molecule has 0 aliphatic heterocycles. The van der Waals surface area contributed by atoms with Crippen LogP contribution in [0.15, 0.2) is 224 Å². The Hall–Kier alpha value is -7.63. The Morgan fingerprint density at radius 1 is 0.444 bits per heavy atom. The number of benzene rings is 9. The molecular formula is C58H41F3N2. The molecule has 0 bridgehead atoms. The van der Waals surface area contributed by atoms with Gasteiger partial charge < -0.3 is 9.47 Å². The van der Waals surface area contributed by atoms with Crippen molar-refractivity contribution in [1.82, 2.24) is 4.57 Å². The number of fused-ring (bicyclic) bond motifs is 5. The Labute approximate surface area is 364 Å². The number of para-hydroxylation sites is 2. The number of anilines is 3. The molecule has 2 nitrogen and oxygen atoms in total. The fourth-order valence-electron chi connectivity index (χ4n) is 9.76. The second-order valence-electron chi connectivity index (χ2n) is 16.6. The Morgan fingerprint density at radius 3 is 1.43 bits per heavy atom. The first kappa shape index (κ1) is 38.3. The zero-order valence-corrected chi connectivity index (χ0v) is 34.5. The van der Waals surface area contributed by atoms with Crippen molar-refractivity contribution in [2.24, 2.45) is 0 Å². The van der Waals surface area contributed by atoms with Crippen LogP contribution in [-0.4, -0.2) is 10.7 Å². The molecule has 1 aliphatic rings. The molecule has 1 atom stereocenters. The highest BCUT2D eigenvalue weighted by atomic mass is 19.4. The van der Waals surface area contributed by atoms with Gasteiger partial charge in [0, 0.05) is 38.9 Å². The molecule has 0 fully saturated rings. The van der Waals surface area contributed by atoms with E-state index in [1.165, 1.54) is 50.4 Å². The van der Waals surface area contributed by atoms with Gasteiger partial charge in [0.05, 0.1) is 11.1 Å². The number of hydrogen-bond acceptors (Lipinski definition) is 1. The van der Waals surface area contributed by atoms with Crippen molar-refractivity contribution in [3.8, 4) is 33.4 Å². The van der Waals surface area contributed by atoms with Crippen LogP contribution in [0, 0.1) is 0 Å². The third-order valence-electron chi connectivity index (χ3n) is 12.7. The molecule has 1 aromatic heterocycles. The van der Waals surface area contributed by atoms with E-state index >= 15 is 0 Å². The zero-order chi connectivity index (χ0) is 42.7. The van der Waals surface area contributed by atoms with Crippen LogP contribution >= 0.6 is 0 Å². The molecule has 0 radical (unpaired) electrons. The molecule has 11 rings (SSSR count). The van der Waals surface area contributed by atoms with Gasteiger partial charge in [-0.25, -0.2) is 0 Å². The van der Waals surface area contributed by atoms with E-state index in [9.17, 15) is 13.2 Å². The normalized spacial score (nSPS) is 15.3. The number of alkyl halides is 3. The number of allylic oxidation sites excluding steroid dienone is 4. The summed E-state index contributed by atoms with van der Waals surface area (Å²) in [6, 6.07) is 70.8. The van der Waals surface area contributed by atoms with Crippen LogP contribution in [0.2, 0.25) is 0 Å². The van der Waals surface area contributed by atoms with Crippen LogP contribution in [0.4, 0.5) is 30.2 Å². The molecule has 5 heteroatoms. The maximum atomic E-state index is 13.6. The summed E-state index contributed by atoms with van der Waals surface area (Å²) >= 11 is 0. The summed E-state index contributed by atoms with van der Waals surface area (Å²) < 4.78 is 42.9. The molecule has 10 aromatic rings. The average Bonchev–Trinajstić information content (AvgIpc) is 3.66. The largest absolute Gasteiger partial charge is 0.416 e. The maximum Gasteiger partial charge on any atom is 0.416 e. The minimum absolute atomic E-state index is 0.242. The fourth-order valence-corrected chi connectivity index (χ4v) is 9.76. The van der Waals surface area contributed by atoms with Gasteiger partial charge in [0.1, 0.15) is 0 Å². The van der Waals surface area contributed by atoms with Crippen molar-refractivity contribution in [1.29, 1.82) is 0 Å². The maximum absolute atomic E-state index is 13.6. The minimum Gasteiger partial charge on any atom is -0.331 e. The van der Waals surface area contributed by atoms with Crippen LogP contribution < -0.4 is 4.90 Å². The molecule has 1 unspecified atom stereocenters. The van der Waals surface area contributed by atoms with Gasteiger partial charge in [-0.2, -0.15) is 13.2 Å². The lowest BCUT2D eigenvalue weighted by Gasteiger charge is -2.32. The van der Waals surface area contributed by atoms with E-state index in [2.05, 4.69) is 191 Å². The molecule has 1 aliphatic carbocycles. The second-order valence-corrected chi connectivity index (χ2v) is 16.6. The number of hydrogen-bond donors (Lipinski definition) is 0. The predicted octanol–water partition coefficient (Wildman–Crippen LogP) is 16.7. The van der Waals surface area contributed by atoms with Gasteiger partial charge in [0.15, 0.2) is 0 Å². The van der Waals surface area contributed by atoms with Crippen molar-refractivity contribution in [2.45, 2.75) is 25.1 Å². The third kappa shape index (κ3) is 6.59. The van der Waals surface area contributed by atoms with Gasteiger partial charge in [-0.15, -0.1) is 0 Å². The lowest BCUT2D eigenvalue weighted by molar-refractivity contribution is -0.0888. The molecular weight excluding hydrogens is 782 g/mol. The number of nitrogens with zero attached hydrogens (tertiary/aromatic N) is 2. The first-order valence-corrected chi connectivity index (χ1v) is 21.3. The number of aromatic nitrogens is 1. The van der Waals surface area contributed by atoms with Crippen molar-refractivity contribution >= 4 is 60.4 Å². The van der Waals surface area contributed by atoms with Gasteiger partial charge in [-0.1, -0.05) is 164 Å². The summed E-state index contributed by atoms with van der Waals surface area (Å²) in [7, 11) is 0. The Bertz CT molecular complexity index is 3340. The standard InChI is InChI=1S/C58H41F3N2/c1-57(36-34-43(35-37-57)58(59,60)61)63-53-23-13-12-18-47(53)52-38-42(28-33-54(52)63)39-24-29-45(30-25-39)62(44-16-6-3-7-17-44)46-31-26-41(27-32-46)56-50-21-10-8-19-48(50)55(40-14-4-2-5-15-40)49-20-9-11-22-51(49)56/h2-36,38H,37H2,1H3. The van der Waals surface area contributed by atoms with Crippen LogP contribution in [0.1, 0.15) is 13.3 Å². The highest BCUT2D eigenvalue weighted by molar-refractivity contribution is 6.21. The SMILES string of the molecule is CC1(n2c3ccccc3c3cc(-c4ccc(N(c5ccccc5)c5ccc(-c6c7ccccc7c(-c7ccccc7)c7ccccc67)cc5)cc4)ccc32)C=CC(C(F)(F)F)=CC1. The van der Waals surface area contributed by atoms with E-state index in [0.29, 0.717) is 0 Å². The molecule has 0 N–H and O–H groups in total. The summed E-state index contributed by atoms with van der Waals surface area (Å²) in [6.07, 6.45) is 0.117. The van der Waals surface area contributed by atoms with Gasteiger partial charge in [-0.3, -0.25) is 0 Å². The zero-order valence-electron chi connectivity index (χ0n) is 34.5. The van der Waals surface area contributed by atoms with E-state index in [0.717, 1.165) is 55.6 Å².